The van der Waals surface area contributed by atoms with E-state index in [-0.39, 0.29) is 12.0 Å². The molecule has 4 atom stereocenters. The third kappa shape index (κ3) is 2.02. The van der Waals surface area contributed by atoms with Crippen molar-refractivity contribution in [3.8, 4) is 0 Å². The van der Waals surface area contributed by atoms with Crippen LogP contribution in [-0.2, 0) is 11.3 Å². The van der Waals surface area contributed by atoms with Gasteiger partial charge in [0.1, 0.15) is 6.10 Å². The van der Waals surface area contributed by atoms with E-state index in [1.54, 1.807) is 6.20 Å². The van der Waals surface area contributed by atoms with Crippen LogP contribution >= 0.6 is 15.9 Å². The van der Waals surface area contributed by atoms with Crippen molar-refractivity contribution in [1.82, 2.24) is 9.78 Å². The first-order valence-corrected chi connectivity index (χ1v) is 7.54. The smallest absolute Gasteiger partial charge is 0.102 e. The molecule has 100 valence electrons. The third-order valence-electron chi connectivity index (χ3n) is 4.11. The van der Waals surface area contributed by atoms with Gasteiger partial charge in [0, 0.05) is 12.5 Å². The van der Waals surface area contributed by atoms with Crippen LogP contribution < -0.4 is 0 Å². The first-order valence-electron chi connectivity index (χ1n) is 6.75. The summed E-state index contributed by atoms with van der Waals surface area (Å²) in [5.41, 5.74) is 0.915. The Labute approximate surface area is 115 Å². The molecule has 1 aromatic heterocycles. The lowest BCUT2D eigenvalue weighted by Gasteiger charge is -2.25. The van der Waals surface area contributed by atoms with Gasteiger partial charge in [0.25, 0.3) is 0 Å². The molecule has 0 radical (unpaired) electrons. The summed E-state index contributed by atoms with van der Waals surface area (Å²) in [6, 6.07) is 0. The Morgan fingerprint density at radius 2 is 2.44 bits per heavy atom. The summed E-state index contributed by atoms with van der Waals surface area (Å²) in [5.74, 6) is 0.229. The zero-order valence-corrected chi connectivity index (χ0v) is 12.1. The molecule has 1 aromatic rings. The van der Waals surface area contributed by atoms with Gasteiger partial charge in [-0.1, -0.05) is 6.92 Å². The number of aliphatic hydroxyl groups is 1. The summed E-state index contributed by atoms with van der Waals surface area (Å²) in [4.78, 5) is 0. The highest BCUT2D eigenvalue weighted by Gasteiger charge is 2.45. The number of fused-ring (bicyclic) bond motifs is 2. The van der Waals surface area contributed by atoms with Gasteiger partial charge >= 0.3 is 0 Å². The number of hydrogen-bond acceptors (Lipinski definition) is 3. The van der Waals surface area contributed by atoms with E-state index in [0.29, 0.717) is 6.10 Å². The van der Waals surface area contributed by atoms with E-state index < -0.39 is 6.10 Å². The minimum atomic E-state index is -0.469. The maximum atomic E-state index is 10.6. The Bertz CT molecular complexity index is 435. The maximum absolute atomic E-state index is 10.6. The predicted molar refractivity (Wildman–Crippen MR) is 71.2 cm³/mol. The average molecular weight is 315 g/mol. The normalized spacial score (nSPS) is 32.1. The van der Waals surface area contributed by atoms with Crippen LogP contribution in [0.5, 0.6) is 0 Å². The molecule has 2 aliphatic heterocycles. The van der Waals surface area contributed by atoms with Crippen LogP contribution in [0.15, 0.2) is 10.7 Å². The summed E-state index contributed by atoms with van der Waals surface area (Å²) in [6.07, 6.45) is 6.16. The number of rotatable bonds is 4. The zero-order valence-electron chi connectivity index (χ0n) is 10.6. The number of hydrogen-bond donors (Lipinski definition) is 1. The summed E-state index contributed by atoms with van der Waals surface area (Å²) in [7, 11) is 0. The second-order valence-electron chi connectivity index (χ2n) is 5.32. The molecule has 2 aliphatic rings. The maximum Gasteiger partial charge on any atom is 0.102 e. The molecule has 2 fully saturated rings. The van der Waals surface area contributed by atoms with Gasteiger partial charge in [-0.05, 0) is 41.6 Å². The number of ether oxygens (including phenoxy) is 1. The molecular formula is C13H19BrN2O2. The molecular weight excluding hydrogens is 296 g/mol. The van der Waals surface area contributed by atoms with Crippen molar-refractivity contribution in [3.05, 3.63) is 16.4 Å². The van der Waals surface area contributed by atoms with Gasteiger partial charge < -0.3 is 9.84 Å². The van der Waals surface area contributed by atoms with Crippen LogP contribution in [0.3, 0.4) is 0 Å². The minimum Gasteiger partial charge on any atom is -0.386 e. The van der Waals surface area contributed by atoms with Crippen molar-refractivity contribution in [1.29, 1.82) is 0 Å². The highest BCUT2D eigenvalue weighted by atomic mass is 79.9. The molecule has 3 heterocycles. The fourth-order valence-electron chi connectivity index (χ4n) is 3.27. The van der Waals surface area contributed by atoms with Crippen LogP contribution in [-0.4, -0.2) is 27.1 Å². The van der Waals surface area contributed by atoms with Gasteiger partial charge in [0.15, 0.2) is 0 Å². The van der Waals surface area contributed by atoms with E-state index in [9.17, 15) is 5.11 Å². The number of halogens is 1. The second-order valence-corrected chi connectivity index (χ2v) is 6.17. The van der Waals surface area contributed by atoms with Crippen molar-refractivity contribution in [2.24, 2.45) is 5.92 Å². The molecule has 18 heavy (non-hydrogen) atoms. The lowest BCUT2D eigenvalue weighted by Crippen LogP contribution is -2.25. The monoisotopic (exact) mass is 314 g/mol. The van der Waals surface area contributed by atoms with E-state index in [0.717, 1.165) is 42.4 Å². The Balaban J connectivity index is 1.83. The fraction of sp³-hybridized carbons (Fsp3) is 0.769. The first-order chi connectivity index (χ1) is 8.70. The van der Waals surface area contributed by atoms with Gasteiger partial charge in [-0.15, -0.1) is 0 Å². The Hall–Kier alpha value is -0.390. The highest BCUT2D eigenvalue weighted by molar-refractivity contribution is 9.10. The van der Waals surface area contributed by atoms with Crippen LogP contribution in [0.2, 0.25) is 0 Å². The lowest BCUT2D eigenvalue weighted by molar-refractivity contribution is 0.0376. The molecule has 0 saturated carbocycles. The Morgan fingerprint density at radius 1 is 1.61 bits per heavy atom. The molecule has 4 nitrogen and oxygen atoms in total. The van der Waals surface area contributed by atoms with Crippen LogP contribution in [0.4, 0.5) is 0 Å². The molecule has 0 amide bonds. The third-order valence-corrected chi connectivity index (χ3v) is 4.72. The Morgan fingerprint density at radius 3 is 3.06 bits per heavy atom. The zero-order chi connectivity index (χ0) is 12.7. The van der Waals surface area contributed by atoms with Gasteiger partial charge in [-0.3, -0.25) is 4.68 Å². The van der Waals surface area contributed by atoms with E-state index >= 15 is 0 Å². The number of nitrogens with zero attached hydrogens (tertiary/aromatic N) is 2. The predicted octanol–water partition coefficient (Wildman–Crippen LogP) is 2.66. The van der Waals surface area contributed by atoms with Crippen molar-refractivity contribution >= 4 is 15.9 Å². The second kappa shape index (κ2) is 4.94. The fourth-order valence-corrected chi connectivity index (χ4v) is 3.80. The summed E-state index contributed by atoms with van der Waals surface area (Å²) >= 11 is 3.50. The van der Waals surface area contributed by atoms with E-state index in [2.05, 4.69) is 28.0 Å². The van der Waals surface area contributed by atoms with Gasteiger partial charge in [0.05, 0.1) is 28.6 Å². The number of aryl methyl sites for hydroxylation is 1. The van der Waals surface area contributed by atoms with Crippen LogP contribution in [0.1, 0.15) is 44.4 Å². The van der Waals surface area contributed by atoms with Crippen molar-refractivity contribution in [2.45, 2.75) is 57.5 Å². The van der Waals surface area contributed by atoms with Gasteiger partial charge in [-0.25, -0.2) is 0 Å². The summed E-state index contributed by atoms with van der Waals surface area (Å²) in [6.45, 7) is 2.96. The molecule has 3 rings (SSSR count). The topological polar surface area (TPSA) is 47.3 Å². The molecule has 2 saturated heterocycles. The minimum absolute atomic E-state index is 0.229. The van der Waals surface area contributed by atoms with Crippen LogP contribution in [0.25, 0.3) is 0 Å². The first kappa shape index (κ1) is 12.6. The standard InChI is InChI=1S/C13H19BrN2O2/c1-2-5-16-12(10(14)7-15-16)13(17)9-6-8-3-4-11(9)18-8/h7-9,11,13,17H,2-6H2,1H3. The summed E-state index contributed by atoms with van der Waals surface area (Å²) < 4.78 is 8.66. The molecule has 0 aliphatic carbocycles. The van der Waals surface area contributed by atoms with Crippen molar-refractivity contribution in [2.75, 3.05) is 0 Å². The van der Waals surface area contributed by atoms with E-state index in [1.165, 1.54) is 0 Å². The Kier molecular flexibility index (Phi) is 3.47. The average Bonchev–Trinajstić information content (AvgIpc) is 3.04. The number of aliphatic hydroxyl groups excluding tert-OH is 1. The van der Waals surface area contributed by atoms with Crippen LogP contribution in [0, 0.1) is 5.92 Å². The molecule has 4 unspecified atom stereocenters. The molecule has 5 heteroatoms. The van der Waals surface area contributed by atoms with E-state index in [1.807, 2.05) is 4.68 Å². The molecule has 0 aromatic carbocycles. The SMILES string of the molecule is CCCn1ncc(Br)c1C(O)C1CC2CCC1O2. The molecule has 1 N–H and O–H groups in total. The summed E-state index contributed by atoms with van der Waals surface area (Å²) in [5, 5.41) is 15.0. The lowest BCUT2D eigenvalue weighted by atomic mass is 9.84. The van der Waals surface area contributed by atoms with Gasteiger partial charge in [-0.2, -0.15) is 5.10 Å². The van der Waals surface area contributed by atoms with E-state index in [4.69, 9.17) is 4.74 Å². The number of aromatic nitrogens is 2. The molecule has 2 bridgehead atoms. The molecule has 0 spiro atoms. The quantitative estimate of drug-likeness (QED) is 0.929. The van der Waals surface area contributed by atoms with Crippen molar-refractivity contribution in [3.63, 3.8) is 0 Å². The largest absolute Gasteiger partial charge is 0.386 e. The highest BCUT2D eigenvalue weighted by Crippen LogP contribution is 2.45. The van der Waals surface area contributed by atoms with Crippen molar-refractivity contribution < 1.29 is 9.84 Å². The van der Waals surface area contributed by atoms with Gasteiger partial charge in [0.2, 0.25) is 0 Å².